The third-order valence-electron chi connectivity index (χ3n) is 3.45. The van der Waals surface area contributed by atoms with Crippen molar-refractivity contribution in [2.75, 3.05) is 17.8 Å². The van der Waals surface area contributed by atoms with Crippen LogP contribution in [0.2, 0.25) is 0 Å². The molecule has 1 fully saturated rings. The molecule has 3 rings (SSSR count). The number of amides is 1. The van der Waals surface area contributed by atoms with Gasteiger partial charge in [0.2, 0.25) is 5.91 Å². The van der Waals surface area contributed by atoms with Gasteiger partial charge in [0.1, 0.15) is 16.9 Å². The number of nitrogens with zero attached hydrogens (tertiary/aromatic N) is 1. The predicted molar refractivity (Wildman–Crippen MR) is 82.7 cm³/mol. The van der Waals surface area contributed by atoms with Crippen LogP contribution in [0.15, 0.2) is 54.6 Å². The summed E-state index contributed by atoms with van der Waals surface area (Å²) >= 11 is 0. The zero-order valence-corrected chi connectivity index (χ0v) is 12.4. The van der Waals surface area contributed by atoms with Crippen molar-refractivity contribution < 1.29 is 13.7 Å². The van der Waals surface area contributed by atoms with Crippen molar-refractivity contribution >= 4 is 22.4 Å². The summed E-state index contributed by atoms with van der Waals surface area (Å²) in [6.07, 6.45) is 0. The van der Waals surface area contributed by atoms with E-state index in [-0.39, 0.29) is 11.7 Å². The second-order valence-corrected chi connectivity index (χ2v) is 6.25. The maximum absolute atomic E-state index is 12.3. The number of rotatable bonds is 3. The normalized spacial score (nSPS) is 21.6. The van der Waals surface area contributed by atoms with E-state index in [1.54, 1.807) is 12.0 Å². The van der Waals surface area contributed by atoms with Gasteiger partial charge in [0.25, 0.3) is 0 Å². The molecule has 1 heterocycles. The monoisotopic (exact) mass is 301 g/mol. The molecule has 1 aliphatic heterocycles. The fourth-order valence-corrected chi connectivity index (χ4v) is 3.93. The average molecular weight is 301 g/mol. The molecule has 2 aromatic rings. The number of ether oxygens (including phenoxy) is 1. The Morgan fingerprint density at radius 3 is 2.38 bits per heavy atom. The van der Waals surface area contributed by atoms with Crippen molar-refractivity contribution in [1.29, 1.82) is 0 Å². The highest BCUT2D eigenvalue weighted by molar-refractivity contribution is 7.86. The summed E-state index contributed by atoms with van der Waals surface area (Å²) in [4.78, 5) is 13.8. The molecule has 2 aromatic carbocycles. The second-order valence-electron chi connectivity index (χ2n) is 4.75. The Kier molecular flexibility index (Phi) is 3.75. The zero-order valence-electron chi connectivity index (χ0n) is 11.6. The molecule has 5 heteroatoms. The first-order chi connectivity index (χ1) is 10.2. The highest BCUT2D eigenvalue weighted by atomic mass is 32.2. The first-order valence-corrected chi connectivity index (χ1v) is 7.97. The molecule has 1 saturated heterocycles. The van der Waals surface area contributed by atoms with Crippen molar-refractivity contribution in [1.82, 2.24) is 0 Å². The molecule has 0 spiro atoms. The van der Waals surface area contributed by atoms with Crippen molar-refractivity contribution in [3.63, 3.8) is 0 Å². The molecule has 0 N–H and O–H groups in total. The molecule has 21 heavy (non-hydrogen) atoms. The Morgan fingerprint density at radius 2 is 1.76 bits per heavy atom. The number of anilines is 1. The minimum absolute atomic E-state index is 0.0611. The Hall–Kier alpha value is -2.14. The van der Waals surface area contributed by atoms with E-state index in [1.807, 2.05) is 54.6 Å². The van der Waals surface area contributed by atoms with Crippen LogP contribution in [0.25, 0.3) is 0 Å². The lowest BCUT2D eigenvalue weighted by molar-refractivity contribution is -0.115. The molecule has 0 aliphatic carbocycles. The number of carbonyl (C=O) groups excluding carboxylic acids is 1. The van der Waals surface area contributed by atoms with E-state index in [0.29, 0.717) is 0 Å². The van der Waals surface area contributed by atoms with Crippen molar-refractivity contribution in [2.24, 2.45) is 0 Å². The molecule has 2 unspecified atom stereocenters. The van der Waals surface area contributed by atoms with E-state index in [1.165, 1.54) is 0 Å². The first kappa shape index (κ1) is 13.8. The maximum Gasteiger partial charge on any atom is 0.241 e. The van der Waals surface area contributed by atoms with Gasteiger partial charge in [0.15, 0.2) is 0 Å². The van der Waals surface area contributed by atoms with Gasteiger partial charge in [-0.05, 0) is 29.8 Å². The number of carbonyl (C=O) groups is 1. The summed E-state index contributed by atoms with van der Waals surface area (Å²) in [7, 11) is 0.354. The molecule has 1 aliphatic rings. The Balaban J connectivity index is 2.01. The predicted octanol–water partition coefficient (Wildman–Crippen LogP) is 2.49. The Morgan fingerprint density at radius 1 is 1.10 bits per heavy atom. The minimum atomic E-state index is -1.25. The van der Waals surface area contributed by atoms with Gasteiger partial charge in [0, 0.05) is 5.69 Å². The van der Waals surface area contributed by atoms with E-state index in [4.69, 9.17) is 4.74 Å². The molecule has 2 atom stereocenters. The van der Waals surface area contributed by atoms with Crippen molar-refractivity contribution in [2.45, 2.75) is 5.37 Å². The highest BCUT2D eigenvalue weighted by Gasteiger charge is 2.39. The quantitative estimate of drug-likeness (QED) is 0.875. The molecule has 0 saturated carbocycles. The lowest BCUT2D eigenvalue weighted by Crippen LogP contribution is -2.28. The molecular formula is C16H15NO3S. The molecular weight excluding hydrogens is 286 g/mol. The van der Waals surface area contributed by atoms with Crippen LogP contribution in [0.3, 0.4) is 0 Å². The summed E-state index contributed by atoms with van der Waals surface area (Å²) in [6, 6.07) is 16.7. The van der Waals surface area contributed by atoms with Gasteiger partial charge in [-0.2, -0.15) is 0 Å². The molecule has 0 bridgehead atoms. The summed E-state index contributed by atoms with van der Waals surface area (Å²) in [5.41, 5.74) is 1.62. The molecule has 4 nitrogen and oxygen atoms in total. The van der Waals surface area contributed by atoms with E-state index in [2.05, 4.69) is 0 Å². The van der Waals surface area contributed by atoms with E-state index in [9.17, 15) is 9.00 Å². The maximum atomic E-state index is 12.3. The third kappa shape index (κ3) is 2.56. The van der Waals surface area contributed by atoms with Crippen LogP contribution in [-0.4, -0.2) is 23.0 Å². The SMILES string of the molecule is COc1ccc(C2N(c3ccccc3)C(=O)CS2=O)cc1. The number of hydrogen-bond acceptors (Lipinski definition) is 3. The smallest absolute Gasteiger partial charge is 0.241 e. The van der Waals surface area contributed by atoms with Crippen molar-refractivity contribution in [3.05, 3.63) is 60.2 Å². The van der Waals surface area contributed by atoms with Crippen molar-refractivity contribution in [3.8, 4) is 5.75 Å². The van der Waals surface area contributed by atoms with Crippen LogP contribution in [0.1, 0.15) is 10.9 Å². The lowest BCUT2D eigenvalue weighted by Gasteiger charge is -2.24. The van der Waals surface area contributed by atoms with Gasteiger partial charge in [-0.1, -0.05) is 30.3 Å². The average Bonchev–Trinajstić information content (AvgIpc) is 2.82. The Bertz CT molecular complexity index is 670. The van der Waals surface area contributed by atoms with Crippen LogP contribution < -0.4 is 9.64 Å². The van der Waals surface area contributed by atoms with Crippen LogP contribution in [0, 0.1) is 0 Å². The van der Waals surface area contributed by atoms with Gasteiger partial charge in [-0.15, -0.1) is 0 Å². The number of para-hydroxylation sites is 1. The van der Waals surface area contributed by atoms with E-state index < -0.39 is 16.2 Å². The number of methoxy groups -OCH3 is 1. The summed E-state index contributed by atoms with van der Waals surface area (Å²) in [6.45, 7) is 0. The zero-order chi connectivity index (χ0) is 14.8. The van der Waals surface area contributed by atoms with Gasteiger partial charge < -0.3 is 4.74 Å². The highest BCUT2D eigenvalue weighted by Crippen LogP contribution is 2.35. The van der Waals surface area contributed by atoms with Crippen LogP contribution in [0.4, 0.5) is 5.69 Å². The van der Waals surface area contributed by atoms with Gasteiger partial charge in [0.05, 0.1) is 17.9 Å². The topological polar surface area (TPSA) is 46.6 Å². The molecule has 108 valence electrons. The largest absolute Gasteiger partial charge is 0.497 e. The van der Waals surface area contributed by atoms with E-state index >= 15 is 0 Å². The summed E-state index contributed by atoms with van der Waals surface area (Å²) < 4.78 is 17.5. The van der Waals surface area contributed by atoms with Crippen LogP contribution in [0.5, 0.6) is 5.75 Å². The minimum Gasteiger partial charge on any atom is -0.497 e. The van der Waals surface area contributed by atoms with Gasteiger partial charge in [-0.3, -0.25) is 13.9 Å². The molecule has 0 radical (unpaired) electrons. The standard InChI is InChI=1S/C16H15NO3S/c1-20-14-9-7-12(8-10-14)16-17(15(18)11-21(16)19)13-5-3-2-4-6-13/h2-10,16H,11H2,1H3. The van der Waals surface area contributed by atoms with Gasteiger partial charge in [-0.25, -0.2) is 0 Å². The second kappa shape index (κ2) is 5.69. The number of hydrogen-bond donors (Lipinski definition) is 0. The third-order valence-corrected chi connectivity index (χ3v) is 4.97. The fraction of sp³-hybridized carbons (Fsp3) is 0.188. The number of benzene rings is 2. The molecule has 1 amide bonds. The van der Waals surface area contributed by atoms with Gasteiger partial charge >= 0.3 is 0 Å². The van der Waals surface area contributed by atoms with Crippen LogP contribution in [-0.2, 0) is 15.6 Å². The van der Waals surface area contributed by atoms with E-state index in [0.717, 1.165) is 17.0 Å². The lowest BCUT2D eigenvalue weighted by atomic mass is 10.2. The first-order valence-electron chi connectivity index (χ1n) is 6.59. The summed E-state index contributed by atoms with van der Waals surface area (Å²) in [5.74, 6) is 0.687. The fourth-order valence-electron chi connectivity index (χ4n) is 2.46. The Labute approximate surface area is 125 Å². The summed E-state index contributed by atoms with van der Waals surface area (Å²) in [5, 5.41) is -0.439. The molecule has 0 aromatic heterocycles. The van der Waals surface area contributed by atoms with Crippen LogP contribution >= 0.6 is 0 Å².